The topological polar surface area (TPSA) is 51.5 Å². The molecule has 0 aliphatic heterocycles. The van der Waals surface area contributed by atoms with E-state index in [-0.39, 0.29) is 18.3 Å². The Morgan fingerprint density at radius 3 is 2.73 bits per heavy atom. The van der Waals surface area contributed by atoms with Gasteiger partial charge in [-0.1, -0.05) is 0 Å². The van der Waals surface area contributed by atoms with Crippen LogP contribution in [0.1, 0.15) is 18.6 Å². The van der Waals surface area contributed by atoms with Gasteiger partial charge in [-0.25, -0.2) is 4.39 Å². The minimum atomic E-state index is -0.283. The van der Waals surface area contributed by atoms with Crippen LogP contribution >= 0.6 is 0 Å². The molecule has 1 N–H and O–H groups in total. The molecule has 0 saturated heterocycles. The van der Waals surface area contributed by atoms with Crippen LogP contribution in [-0.4, -0.2) is 19.1 Å². The molecule has 4 nitrogen and oxygen atoms in total. The van der Waals surface area contributed by atoms with Crippen molar-refractivity contribution in [1.29, 1.82) is 0 Å². The van der Waals surface area contributed by atoms with Crippen molar-refractivity contribution in [3.8, 4) is 11.3 Å². The van der Waals surface area contributed by atoms with Crippen molar-refractivity contribution in [2.75, 3.05) is 13.2 Å². The number of nitrogens with one attached hydrogen (secondary N) is 1. The highest BCUT2D eigenvalue weighted by molar-refractivity contribution is 5.77. The molecule has 1 aliphatic carbocycles. The maximum atomic E-state index is 12.9. The average molecular weight is 303 g/mol. The van der Waals surface area contributed by atoms with E-state index < -0.39 is 0 Å². The van der Waals surface area contributed by atoms with Crippen LogP contribution in [0.4, 0.5) is 4.39 Å². The van der Waals surface area contributed by atoms with E-state index in [1.807, 2.05) is 0 Å². The molecule has 1 aromatic heterocycles. The smallest absolute Gasteiger partial charge is 0.246 e. The molecule has 0 spiro atoms. The minimum absolute atomic E-state index is 0.0853. The Bertz CT molecular complexity index is 632. The fourth-order valence-corrected chi connectivity index (χ4v) is 2.08. The van der Waals surface area contributed by atoms with Gasteiger partial charge in [0, 0.05) is 5.56 Å². The summed E-state index contributed by atoms with van der Waals surface area (Å²) in [6.45, 7) is 1.07. The van der Waals surface area contributed by atoms with Crippen LogP contribution in [0, 0.1) is 11.7 Å². The summed E-state index contributed by atoms with van der Waals surface area (Å²) in [5, 5.41) is 2.75. The van der Waals surface area contributed by atoms with Gasteiger partial charge >= 0.3 is 0 Å². The first-order valence-electron chi connectivity index (χ1n) is 7.40. The standard InChI is InChI=1S/C17H18FNO3/c18-14-5-3-13(4-6-14)16-8-7-15(22-16)9-19-17(20)11-21-10-12-1-2-12/h3-8,12H,1-2,9-11H2,(H,19,20). The van der Waals surface area contributed by atoms with Gasteiger partial charge in [-0.15, -0.1) is 0 Å². The fourth-order valence-electron chi connectivity index (χ4n) is 2.08. The summed E-state index contributed by atoms with van der Waals surface area (Å²) in [6.07, 6.45) is 2.42. The van der Waals surface area contributed by atoms with Gasteiger partial charge in [-0.3, -0.25) is 4.79 Å². The lowest BCUT2D eigenvalue weighted by Crippen LogP contribution is -2.27. The number of hydrogen-bond acceptors (Lipinski definition) is 3. The molecule has 0 bridgehead atoms. The first-order valence-corrected chi connectivity index (χ1v) is 7.40. The van der Waals surface area contributed by atoms with Crippen molar-refractivity contribution in [2.45, 2.75) is 19.4 Å². The molecule has 3 rings (SSSR count). The summed E-state index contributed by atoms with van der Waals surface area (Å²) in [7, 11) is 0. The number of amides is 1. The van der Waals surface area contributed by atoms with Crippen LogP contribution in [0.5, 0.6) is 0 Å². The normalized spacial score (nSPS) is 14.0. The summed E-state index contributed by atoms with van der Waals surface area (Å²) in [6, 6.07) is 9.68. The number of benzene rings is 1. The van der Waals surface area contributed by atoms with Gasteiger partial charge in [0.2, 0.25) is 5.91 Å². The number of halogens is 1. The second-order valence-corrected chi connectivity index (χ2v) is 5.51. The van der Waals surface area contributed by atoms with E-state index in [9.17, 15) is 9.18 Å². The summed E-state index contributed by atoms with van der Waals surface area (Å²) in [5.41, 5.74) is 0.798. The summed E-state index contributed by atoms with van der Waals surface area (Å²) < 4.78 is 23.8. The molecule has 1 aliphatic rings. The van der Waals surface area contributed by atoms with Gasteiger partial charge in [0.05, 0.1) is 13.2 Å². The van der Waals surface area contributed by atoms with Crippen molar-refractivity contribution in [2.24, 2.45) is 5.92 Å². The first kappa shape index (κ1) is 14.8. The second kappa shape index (κ2) is 6.75. The monoisotopic (exact) mass is 303 g/mol. The van der Waals surface area contributed by atoms with Crippen molar-refractivity contribution in [3.63, 3.8) is 0 Å². The molecule has 1 amide bonds. The Kier molecular flexibility index (Phi) is 4.53. The molecular formula is C17H18FNO3. The lowest BCUT2D eigenvalue weighted by atomic mass is 10.2. The lowest BCUT2D eigenvalue weighted by Gasteiger charge is -2.04. The van der Waals surface area contributed by atoms with Crippen LogP contribution in [-0.2, 0) is 16.1 Å². The molecule has 116 valence electrons. The zero-order chi connectivity index (χ0) is 15.4. The maximum absolute atomic E-state index is 12.9. The van der Waals surface area contributed by atoms with Gasteiger partial charge in [-0.05, 0) is 55.2 Å². The molecule has 0 unspecified atom stereocenters. The molecule has 0 radical (unpaired) electrons. The predicted octanol–water partition coefficient (Wildman–Crippen LogP) is 3.13. The van der Waals surface area contributed by atoms with E-state index in [1.165, 1.54) is 25.0 Å². The Morgan fingerprint density at radius 1 is 1.23 bits per heavy atom. The Morgan fingerprint density at radius 2 is 2.00 bits per heavy atom. The first-order chi connectivity index (χ1) is 10.7. The number of hydrogen-bond donors (Lipinski definition) is 1. The molecule has 5 heteroatoms. The Labute approximate surface area is 128 Å². The van der Waals surface area contributed by atoms with Gasteiger partial charge < -0.3 is 14.5 Å². The third kappa shape index (κ3) is 4.18. The average Bonchev–Trinajstić information content (AvgIpc) is 3.22. The van der Waals surface area contributed by atoms with Gasteiger partial charge in [0.25, 0.3) is 0 Å². The van der Waals surface area contributed by atoms with Crippen molar-refractivity contribution in [1.82, 2.24) is 5.32 Å². The number of carbonyl (C=O) groups excluding carboxylic acids is 1. The number of ether oxygens (including phenoxy) is 1. The zero-order valence-electron chi connectivity index (χ0n) is 12.2. The van der Waals surface area contributed by atoms with Crippen molar-refractivity contribution < 1.29 is 18.3 Å². The van der Waals surface area contributed by atoms with Crippen LogP contribution in [0.25, 0.3) is 11.3 Å². The summed E-state index contributed by atoms with van der Waals surface area (Å²) in [4.78, 5) is 11.6. The highest BCUT2D eigenvalue weighted by atomic mass is 19.1. The Balaban J connectivity index is 1.46. The van der Waals surface area contributed by atoms with E-state index in [0.29, 0.717) is 30.6 Å². The van der Waals surface area contributed by atoms with E-state index in [0.717, 1.165) is 5.56 Å². The third-order valence-corrected chi connectivity index (χ3v) is 3.53. The van der Waals surface area contributed by atoms with E-state index >= 15 is 0 Å². The maximum Gasteiger partial charge on any atom is 0.246 e. The van der Waals surface area contributed by atoms with E-state index in [4.69, 9.17) is 9.15 Å². The zero-order valence-corrected chi connectivity index (χ0v) is 12.2. The lowest BCUT2D eigenvalue weighted by molar-refractivity contribution is -0.126. The Hall–Kier alpha value is -2.14. The van der Waals surface area contributed by atoms with Crippen molar-refractivity contribution in [3.05, 3.63) is 48.0 Å². The van der Waals surface area contributed by atoms with Crippen molar-refractivity contribution >= 4 is 5.91 Å². The molecule has 1 fully saturated rings. The largest absolute Gasteiger partial charge is 0.459 e. The SMILES string of the molecule is O=C(COCC1CC1)NCc1ccc(-c2ccc(F)cc2)o1. The van der Waals surface area contributed by atoms with Crippen LogP contribution in [0.2, 0.25) is 0 Å². The number of carbonyl (C=O) groups is 1. The third-order valence-electron chi connectivity index (χ3n) is 3.53. The summed E-state index contributed by atoms with van der Waals surface area (Å²) in [5.74, 6) is 1.51. The summed E-state index contributed by atoms with van der Waals surface area (Å²) >= 11 is 0. The van der Waals surface area contributed by atoms with E-state index in [2.05, 4.69) is 5.32 Å². The number of rotatable bonds is 7. The van der Waals surface area contributed by atoms with Crippen LogP contribution in [0.3, 0.4) is 0 Å². The minimum Gasteiger partial charge on any atom is -0.459 e. The fraction of sp³-hybridized carbons (Fsp3) is 0.353. The quantitative estimate of drug-likeness (QED) is 0.855. The second-order valence-electron chi connectivity index (χ2n) is 5.51. The molecule has 2 aromatic rings. The van der Waals surface area contributed by atoms with Gasteiger partial charge in [0.1, 0.15) is 23.9 Å². The van der Waals surface area contributed by atoms with Crippen LogP contribution in [0.15, 0.2) is 40.8 Å². The van der Waals surface area contributed by atoms with Gasteiger partial charge in [-0.2, -0.15) is 0 Å². The van der Waals surface area contributed by atoms with Crippen LogP contribution < -0.4 is 5.32 Å². The molecule has 1 saturated carbocycles. The molecule has 1 aromatic carbocycles. The number of furan rings is 1. The molecule has 22 heavy (non-hydrogen) atoms. The highest BCUT2D eigenvalue weighted by Gasteiger charge is 2.21. The highest BCUT2D eigenvalue weighted by Crippen LogP contribution is 2.28. The van der Waals surface area contributed by atoms with Gasteiger partial charge in [0.15, 0.2) is 0 Å². The predicted molar refractivity (Wildman–Crippen MR) is 79.5 cm³/mol. The molecular weight excluding hydrogens is 285 g/mol. The molecule has 1 heterocycles. The van der Waals surface area contributed by atoms with E-state index in [1.54, 1.807) is 24.3 Å². The molecule has 0 atom stereocenters.